The maximum atomic E-state index is 13.4. The molecule has 20 heavy (non-hydrogen) atoms. The lowest BCUT2D eigenvalue weighted by Crippen LogP contribution is -2.38. The van der Waals surface area contributed by atoms with E-state index < -0.39 is 11.8 Å². The van der Waals surface area contributed by atoms with Crippen LogP contribution >= 0.6 is 15.9 Å². The number of hydrogen-bond donors (Lipinski definition) is 2. The standard InChI is InChI=1S/C14H15BrFNO3/c15-11-6-3-9(7-12(11)16)13(18)17-10-4-1-8(2-5-10)14(19)20/h3,6-8,10H,1-2,4-5H2,(H,17,18)(H,19,20). The van der Waals surface area contributed by atoms with Gasteiger partial charge in [-0.05, 0) is 59.8 Å². The van der Waals surface area contributed by atoms with Crippen molar-refractivity contribution in [2.24, 2.45) is 5.92 Å². The molecule has 108 valence electrons. The van der Waals surface area contributed by atoms with Crippen molar-refractivity contribution in [2.45, 2.75) is 31.7 Å². The van der Waals surface area contributed by atoms with E-state index in [0.29, 0.717) is 30.2 Å². The molecular weight excluding hydrogens is 329 g/mol. The van der Waals surface area contributed by atoms with Gasteiger partial charge in [-0.25, -0.2) is 4.39 Å². The number of aliphatic carboxylic acids is 1. The lowest BCUT2D eigenvalue weighted by molar-refractivity contribution is -0.142. The first-order chi connectivity index (χ1) is 9.47. The predicted molar refractivity (Wildman–Crippen MR) is 74.9 cm³/mol. The normalized spacial score (nSPS) is 22.3. The molecule has 0 bridgehead atoms. The maximum Gasteiger partial charge on any atom is 0.306 e. The van der Waals surface area contributed by atoms with E-state index in [4.69, 9.17) is 5.11 Å². The average molecular weight is 344 g/mol. The van der Waals surface area contributed by atoms with E-state index in [2.05, 4.69) is 21.2 Å². The number of hydrogen-bond acceptors (Lipinski definition) is 2. The molecule has 0 saturated heterocycles. The molecule has 1 aromatic carbocycles. The largest absolute Gasteiger partial charge is 0.481 e. The number of nitrogens with one attached hydrogen (secondary N) is 1. The molecule has 4 nitrogen and oxygen atoms in total. The SMILES string of the molecule is O=C(NC1CCC(C(=O)O)CC1)c1ccc(Br)c(F)c1. The zero-order chi connectivity index (χ0) is 14.7. The summed E-state index contributed by atoms with van der Waals surface area (Å²) in [6.07, 6.45) is 2.41. The van der Waals surface area contributed by atoms with E-state index in [9.17, 15) is 14.0 Å². The Morgan fingerprint density at radius 2 is 1.90 bits per heavy atom. The summed E-state index contributed by atoms with van der Waals surface area (Å²) < 4.78 is 13.7. The van der Waals surface area contributed by atoms with Gasteiger partial charge in [-0.15, -0.1) is 0 Å². The molecule has 1 aliphatic carbocycles. The van der Waals surface area contributed by atoms with Crippen LogP contribution in [0, 0.1) is 11.7 Å². The second-order valence-electron chi connectivity index (χ2n) is 4.99. The summed E-state index contributed by atoms with van der Waals surface area (Å²) >= 11 is 3.03. The second-order valence-corrected chi connectivity index (χ2v) is 5.84. The van der Waals surface area contributed by atoms with Crippen molar-refractivity contribution in [3.05, 3.63) is 34.1 Å². The minimum atomic E-state index is -0.773. The number of benzene rings is 1. The summed E-state index contributed by atoms with van der Waals surface area (Å²) in [6.45, 7) is 0. The maximum absolute atomic E-state index is 13.4. The number of carboxylic acids is 1. The third-order valence-electron chi connectivity index (χ3n) is 3.59. The van der Waals surface area contributed by atoms with E-state index in [1.54, 1.807) is 6.07 Å². The van der Waals surface area contributed by atoms with Gasteiger partial charge < -0.3 is 10.4 Å². The van der Waals surface area contributed by atoms with Crippen molar-refractivity contribution in [3.63, 3.8) is 0 Å². The van der Waals surface area contributed by atoms with E-state index >= 15 is 0 Å². The molecule has 2 rings (SSSR count). The minimum Gasteiger partial charge on any atom is -0.481 e. The summed E-state index contributed by atoms with van der Waals surface area (Å²) in [7, 11) is 0. The first-order valence-corrected chi connectivity index (χ1v) is 7.25. The monoisotopic (exact) mass is 343 g/mol. The van der Waals surface area contributed by atoms with Crippen LogP contribution in [0.1, 0.15) is 36.0 Å². The molecule has 0 radical (unpaired) electrons. The topological polar surface area (TPSA) is 66.4 Å². The van der Waals surface area contributed by atoms with Gasteiger partial charge in [0.1, 0.15) is 5.82 Å². The molecule has 0 atom stereocenters. The molecule has 2 N–H and O–H groups in total. The van der Waals surface area contributed by atoms with Crippen molar-refractivity contribution in [2.75, 3.05) is 0 Å². The fourth-order valence-corrected chi connectivity index (χ4v) is 2.64. The number of amides is 1. The lowest BCUT2D eigenvalue weighted by Gasteiger charge is -2.26. The summed E-state index contributed by atoms with van der Waals surface area (Å²) in [4.78, 5) is 22.8. The number of rotatable bonds is 3. The number of halogens is 2. The summed E-state index contributed by atoms with van der Waals surface area (Å²) in [5.74, 6) is -1.89. The molecule has 0 heterocycles. The van der Waals surface area contributed by atoms with Crippen LogP contribution in [0.15, 0.2) is 22.7 Å². The van der Waals surface area contributed by atoms with Crippen molar-refractivity contribution in [1.82, 2.24) is 5.32 Å². The van der Waals surface area contributed by atoms with Gasteiger partial charge in [-0.1, -0.05) is 0 Å². The van der Waals surface area contributed by atoms with E-state index in [1.165, 1.54) is 12.1 Å². The van der Waals surface area contributed by atoms with Gasteiger partial charge in [-0.3, -0.25) is 9.59 Å². The molecule has 1 amide bonds. The van der Waals surface area contributed by atoms with Gasteiger partial charge >= 0.3 is 5.97 Å². The molecular formula is C14H15BrFNO3. The van der Waals surface area contributed by atoms with Gasteiger partial charge in [0.2, 0.25) is 0 Å². The Bertz CT molecular complexity index is 527. The lowest BCUT2D eigenvalue weighted by atomic mass is 9.86. The highest BCUT2D eigenvalue weighted by molar-refractivity contribution is 9.10. The highest BCUT2D eigenvalue weighted by Crippen LogP contribution is 2.25. The van der Waals surface area contributed by atoms with Crippen molar-refractivity contribution in [1.29, 1.82) is 0 Å². The number of carboxylic acid groups (broad SMARTS) is 1. The smallest absolute Gasteiger partial charge is 0.306 e. The fourth-order valence-electron chi connectivity index (χ4n) is 2.39. The highest BCUT2D eigenvalue weighted by atomic mass is 79.9. The molecule has 1 saturated carbocycles. The van der Waals surface area contributed by atoms with E-state index in [1.807, 2.05) is 0 Å². The third-order valence-corrected chi connectivity index (χ3v) is 4.24. The zero-order valence-corrected chi connectivity index (χ0v) is 12.3. The third kappa shape index (κ3) is 3.56. The predicted octanol–water partition coefficient (Wildman–Crippen LogP) is 2.96. The van der Waals surface area contributed by atoms with Crippen molar-refractivity contribution in [3.8, 4) is 0 Å². The zero-order valence-electron chi connectivity index (χ0n) is 10.7. The summed E-state index contributed by atoms with van der Waals surface area (Å²) in [5, 5.41) is 11.7. The second kappa shape index (κ2) is 6.35. The van der Waals surface area contributed by atoms with Crippen LogP contribution < -0.4 is 5.32 Å². The molecule has 1 aromatic rings. The Kier molecular flexibility index (Phi) is 4.75. The van der Waals surface area contributed by atoms with Gasteiger partial charge in [0.25, 0.3) is 5.91 Å². The van der Waals surface area contributed by atoms with Gasteiger partial charge in [0.15, 0.2) is 0 Å². The van der Waals surface area contributed by atoms with Gasteiger partial charge in [0.05, 0.1) is 10.4 Å². The quantitative estimate of drug-likeness (QED) is 0.886. The van der Waals surface area contributed by atoms with E-state index in [-0.39, 0.29) is 23.4 Å². The van der Waals surface area contributed by atoms with Crippen LogP contribution in [0.5, 0.6) is 0 Å². The number of carbonyl (C=O) groups excluding carboxylic acids is 1. The van der Waals surface area contributed by atoms with Crippen molar-refractivity contribution >= 4 is 27.8 Å². The van der Waals surface area contributed by atoms with Gasteiger partial charge in [-0.2, -0.15) is 0 Å². The van der Waals surface area contributed by atoms with Crippen LogP contribution in [0.2, 0.25) is 0 Å². The van der Waals surface area contributed by atoms with Crippen LogP contribution in [0.25, 0.3) is 0 Å². The molecule has 0 aliphatic heterocycles. The Morgan fingerprint density at radius 1 is 1.25 bits per heavy atom. The van der Waals surface area contributed by atoms with Crippen LogP contribution in [0.3, 0.4) is 0 Å². The molecule has 6 heteroatoms. The number of carbonyl (C=O) groups is 2. The minimum absolute atomic E-state index is 0.0372. The summed E-state index contributed by atoms with van der Waals surface area (Å²) in [6, 6.07) is 4.18. The average Bonchev–Trinajstić information content (AvgIpc) is 2.42. The van der Waals surface area contributed by atoms with Crippen molar-refractivity contribution < 1.29 is 19.1 Å². The molecule has 0 unspecified atom stereocenters. The first-order valence-electron chi connectivity index (χ1n) is 6.46. The highest BCUT2D eigenvalue weighted by Gasteiger charge is 2.26. The summed E-state index contributed by atoms with van der Waals surface area (Å²) in [5.41, 5.74) is 0.269. The Labute approximate surface area is 124 Å². The fraction of sp³-hybridized carbons (Fsp3) is 0.429. The van der Waals surface area contributed by atoms with Crippen LogP contribution in [-0.4, -0.2) is 23.0 Å². The molecule has 0 aromatic heterocycles. The molecule has 0 spiro atoms. The molecule has 1 fully saturated rings. The Morgan fingerprint density at radius 3 is 2.45 bits per heavy atom. The Balaban J connectivity index is 1.92. The van der Waals surface area contributed by atoms with Crippen LogP contribution in [0.4, 0.5) is 4.39 Å². The van der Waals surface area contributed by atoms with E-state index in [0.717, 1.165) is 0 Å². The first kappa shape index (κ1) is 15.0. The molecule has 1 aliphatic rings. The van der Waals surface area contributed by atoms with Gasteiger partial charge in [0, 0.05) is 11.6 Å². The van der Waals surface area contributed by atoms with Crippen LogP contribution in [-0.2, 0) is 4.79 Å². The Hall–Kier alpha value is -1.43.